The molecule has 2 heterocycles. The highest BCUT2D eigenvalue weighted by molar-refractivity contribution is 5.99. The summed E-state index contributed by atoms with van der Waals surface area (Å²) in [4.78, 5) is 12.0. The Kier molecular flexibility index (Phi) is 4.22. The number of carbonyl (C=O) groups excluding carboxylic acids is 1. The van der Waals surface area contributed by atoms with E-state index in [4.69, 9.17) is 8.83 Å². The molecule has 0 aliphatic rings. The van der Waals surface area contributed by atoms with Gasteiger partial charge < -0.3 is 14.2 Å². The van der Waals surface area contributed by atoms with Gasteiger partial charge in [0.05, 0.1) is 11.3 Å². The molecule has 28 heavy (non-hydrogen) atoms. The topological polar surface area (TPSA) is 93.2 Å². The third-order valence-electron chi connectivity index (χ3n) is 3.76. The van der Waals surface area contributed by atoms with Crippen molar-refractivity contribution >= 4 is 28.7 Å². The van der Waals surface area contributed by atoms with E-state index in [1.54, 1.807) is 18.2 Å². The summed E-state index contributed by atoms with van der Waals surface area (Å²) in [5.74, 6) is 0.312. The van der Waals surface area contributed by atoms with E-state index < -0.39 is 23.5 Å². The monoisotopic (exact) mass is 388 g/mol. The van der Waals surface area contributed by atoms with Crippen LogP contribution in [0.2, 0.25) is 0 Å². The van der Waals surface area contributed by atoms with Gasteiger partial charge in [0, 0.05) is 5.39 Å². The molecule has 0 aliphatic carbocycles. The molecule has 4 rings (SSSR count). The largest absolute Gasteiger partial charge is 0.451 e. The first-order valence-corrected chi connectivity index (χ1v) is 7.97. The van der Waals surface area contributed by atoms with Gasteiger partial charge in [-0.05, 0) is 24.3 Å². The number of fused-ring (bicyclic) bond motifs is 1. The number of benzene rings is 2. The fourth-order valence-electron chi connectivity index (χ4n) is 2.55. The number of rotatable bonds is 3. The number of halogens is 3. The summed E-state index contributed by atoms with van der Waals surface area (Å²) in [7, 11) is 0. The average molecular weight is 388 g/mol. The van der Waals surface area contributed by atoms with Crippen LogP contribution in [0.4, 0.5) is 29.7 Å². The highest BCUT2D eigenvalue weighted by atomic mass is 19.4. The molecular formula is C18H11F3N4O3. The summed E-state index contributed by atoms with van der Waals surface area (Å²) in [5.41, 5.74) is -0.755. The van der Waals surface area contributed by atoms with Crippen LogP contribution >= 0.6 is 0 Å². The Morgan fingerprint density at radius 3 is 2.46 bits per heavy atom. The van der Waals surface area contributed by atoms with Crippen molar-refractivity contribution in [2.75, 3.05) is 10.6 Å². The number of urea groups is 1. The third kappa shape index (κ3) is 3.52. The van der Waals surface area contributed by atoms with Gasteiger partial charge in [-0.1, -0.05) is 35.4 Å². The molecule has 4 aromatic rings. The van der Waals surface area contributed by atoms with Gasteiger partial charge in [-0.25, -0.2) is 4.79 Å². The quantitative estimate of drug-likeness (QED) is 0.507. The first kappa shape index (κ1) is 17.6. The van der Waals surface area contributed by atoms with Gasteiger partial charge in [0.1, 0.15) is 5.58 Å². The summed E-state index contributed by atoms with van der Waals surface area (Å²) < 4.78 is 49.8. The number of carbonyl (C=O) groups is 1. The van der Waals surface area contributed by atoms with Gasteiger partial charge in [-0.3, -0.25) is 5.32 Å². The zero-order chi connectivity index (χ0) is 19.7. The second-order valence-electron chi connectivity index (χ2n) is 5.68. The summed E-state index contributed by atoms with van der Waals surface area (Å²) in [6.45, 7) is 0. The van der Waals surface area contributed by atoms with Crippen molar-refractivity contribution < 1.29 is 26.8 Å². The minimum atomic E-state index is -4.61. The predicted molar refractivity (Wildman–Crippen MR) is 93.6 cm³/mol. The summed E-state index contributed by atoms with van der Waals surface area (Å²) in [5, 5.41) is 12.5. The van der Waals surface area contributed by atoms with Crippen LogP contribution in [0.25, 0.3) is 22.6 Å². The Bertz CT molecular complexity index is 1120. The number of hydrogen-bond acceptors (Lipinski definition) is 5. The van der Waals surface area contributed by atoms with E-state index in [0.29, 0.717) is 11.3 Å². The van der Waals surface area contributed by atoms with E-state index in [1.807, 2.05) is 12.1 Å². The lowest BCUT2D eigenvalue weighted by atomic mass is 10.1. The van der Waals surface area contributed by atoms with E-state index in [9.17, 15) is 18.0 Å². The maximum Gasteiger partial charge on any atom is 0.418 e. The first-order valence-electron chi connectivity index (χ1n) is 7.97. The molecule has 10 heteroatoms. The molecule has 2 N–H and O–H groups in total. The third-order valence-corrected chi connectivity index (χ3v) is 3.76. The molecule has 2 aromatic carbocycles. The molecule has 0 atom stereocenters. The number of hydrogen-bond donors (Lipinski definition) is 2. The second kappa shape index (κ2) is 6.72. The minimum Gasteiger partial charge on any atom is -0.451 e. The average Bonchev–Trinajstić information content (AvgIpc) is 3.27. The van der Waals surface area contributed by atoms with E-state index in [-0.39, 0.29) is 11.9 Å². The van der Waals surface area contributed by atoms with Crippen molar-refractivity contribution in [2.45, 2.75) is 6.18 Å². The SMILES string of the molecule is O=C(Nc1nnc(-c2cc3ccccc3o2)o1)Nc1ccccc1C(F)(F)F. The zero-order valence-electron chi connectivity index (χ0n) is 13.9. The Labute approximate surface area is 155 Å². The van der Waals surface area contributed by atoms with E-state index in [2.05, 4.69) is 20.8 Å². The number of furan rings is 1. The van der Waals surface area contributed by atoms with E-state index >= 15 is 0 Å². The molecule has 0 radical (unpaired) electrons. The fourth-order valence-corrected chi connectivity index (χ4v) is 2.55. The predicted octanol–water partition coefficient (Wildman–Crippen LogP) is 5.15. The molecule has 2 aromatic heterocycles. The van der Waals surface area contributed by atoms with Crippen molar-refractivity contribution in [2.24, 2.45) is 0 Å². The normalized spacial score (nSPS) is 11.5. The van der Waals surface area contributed by atoms with Crippen LogP contribution in [-0.2, 0) is 6.18 Å². The van der Waals surface area contributed by atoms with Gasteiger partial charge in [-0.15, -0.1) is 5.10 Å². The zero-order valence-corrected chi connectivity index (χ0v) is 13.9. The molecule has 0 bridgehead atoms. The van der Waals surface area contributed by atoms with E-state index in [0.717, 1.165) is 17.5 Å². The van der Waals surface area contributed by atoms with Crippen molar-refractivity contribution in [1.29, 1.82) is 0 Å². The van der Waals surface area contributed by atoms with Crippen LogP contribution in [0, 0.1) is 0 Å². The molecule has 0 spiro atoms. The summed E-state index contributed by atoms with van der Waals surface area (Å²) in [6.07, 6.45) is -4.61. The first-order chi connectivity index (χ1) is 13.4. The van der Waals surface area contributed by atoms with Gasteiger partial charge in [0.2, 0.25) is 0 Å². The van der Waals surface area contributed by atoms with Crippen LogP contribution in [0.15, 0.2) is 63.4 Å². The van der Waals surface area contributed by atoms with E-state index in [1.165, 1.54) is 12.1 Å². The summed E-state index contributed by atoms with van der Waals surface area (Å²) in [6, 6.07) is 12.3. The minimum absolute atomic E-state index is 0.0159. The number of anilines is 2. The maximum absolute atomic E-state index is 13.0. The number of nitrogens with zero attached hydrogens (tertiary/aromatic N) is 2. The lowest BCUT2D eigenvalue weighted by molar-refractivity contribution is -0.136. The van der Waals surface area contributed by atoms with Crippen molar-refractivity contribution in [3.63, 3.8) is 0 Å². The fraction of sp³-hybridized carbons (Fsp3) is 0.0556. The highest BCUT2D eigenvalue weighted by Crippen LogP contribution is 2.34. The smallest absolute Gasteiger partial charge is 0.418 e. The van der Waals surface area contributed by atoms with Crippen molar-refractivity contribution in [3.8, 4) is 11.7 Å². The molecule has 7 nitrogen and oxygen atoms in total. The number of nitrogens with one attached hydrogen (secondary N) is 2. The Morgan fingerprint density at radius 2 is 1.68 bits per heavy atom. The molecule has 0 aliphatic heterocycles. The molecule has 0 fully saturated rings. The maximum atomic E-state index is 13.0. The molecule has 0 saturated heterocycles. The van der Waals surface area contributed by atoms with Gasteiger partial charge in [0.25, 0.3) is 5.89 Å². The molecule has 142 valence electrons. The van der Waals surface area contributed by atoms with Crippen LogP contribution in [0.3, 0.4) is 0 Å². The Balaban J connectivity index is 1.49. The molecule has 0 saturated carbocycles. The number of amides is 2. The molecule has 0 unspecified atom stereocenters. The van der Waals surface area contributed by atoms with Crippen LogP contribution < -0.4 is 10.6 Å². The number of aromatic nitrogens is 2. The van der Waals surface area contributed by atoms with Gasteiger partial charge in [0.15, 0.2) is 5.76 Å². The molecule has 2 amide bonds. The van der Waals surface area contributed by atoms with Crippen LogP contribution in [0.5, 0.6) is 0 Å². The Morgan fingerprint density at radius 1 is 0.929 bits per heavy atom. The highest BCUT2D eigenvalue weighted by Gasteiger charge is 2.33. The Hall–Kier alpha value is -3.82. The number of alkyl halides is 3. The standard InChI is InChI=1S/C18H11F3N4O3/c19-18(20,21)11-6-2-3-7-12(11)22-16(26)23-17-25-24-15(28-17)14-9-10-5-1-4-8-13(10)27-14/h1-9H,(H2,22,23,25,26). The lowest BCUT2D eigenvalue weighted by Gasteiger charge is -2.13. The number of para-hydroxylation sites is 2. The lowest BCUT2D eigenvalue weighted by Crippen LogP contribution is -2.22. The van der Waals surface area contributed by atoms with Crippen LogP contribution in [0.1, 0.15) is 5.56 Å². The van der Waals surface area contributed by atoms with Crippen LogP contribution in [-0.4, -0.2) is 16.2 Å². The van der Waals surface area contributed by atoms with Crippen molar-refractivity contribution in [3.05, 3.63) is 60.2 Å². The van der Waals surface area contributed by atoms with Crippen molar-refractivity contribution in [1.82, 2.24) is 10.2 Å². The second-order valence-corrected chi connectivity index (χ2v) is 5.68. The van der Waals surface area contributed by atoms with Gasteiger partial charge in [-0.2, -0.15) is 13.2 Å². The summed E-state index contributed by atoms with van der Waals surface area (Å²) >= 11 is 0. The van der Waals surface area contributed by atoms with Gasteiger partial charge >= 0.3 is 18.2 Å². The molecular weight excluding hydrogens is 377 g/mol.